The van der Waals surface area contributed by atoms with Crippen molar-refractivity contribution in [2.45, 2.75) is 70.4 Å². The van der Waals surface area contributed by atoms with E-state index in [1.165, 1.54) is 38.5 Å². The number of nitrogens with one attached hydrogen (secondary N) is 2. The van der Waals surface area contributed by atoms with Gasteiger partial charge in [-0.15, -0.1) is 0 Å². The molecule has 1 unspecified atom stereocenters. The van der Waals surface area contributed by atoms with E-state index in [1.54, 1.807) is 0 Å². The molecular weight excluding hydrogens is 448 g/mol. The maximum atomic E-state index is 12.7. The zero-order valence-corrected chi connectivity index (χ0v) is 22.3. The van der Waals surface area contributed by atoms with Crippen LogP contribution in [-0.2, 0) is 0 Å². The molecule has 1 aliphatic heterocycles. The molecule has 0 aliphatic carbocycles. The zero-order chi connectivity index (χ0) is 25.6. The van der Waals surface area contributed by atoms with Crippen molar-refractivity contribution in [3.05, 3.63) is 54.6 Å². The Balaban J connectivity index is 1.34. The molecular formula is C30H46N4O2. The van der Waals surface area contributed by atoms with Gasteiger partial charge in [0.25, 0.3) is 0 Å². The number of hydrogen-bond donors (Lipinski definition) is 3. The van der Waals surface area contributed by atoms with E-state index in [9.17, 15) is 9.90 Å². The third-order valence-electron chi connectivity index (χ3n) is 7.07. The molecule has 1 aliphatic rings. The van der Waals surface area contributed by atoms with Crippen molar-refractivity contribution < 1.29 is 9.90 Å². The number of benzene rings is 2. The van der Waals surface area contributed by atoms with Crippen LogP contribution in [0, 0.1) is 0 Å². The highest BCUT2D eigenvalue weighted by Crippen LogP contribution is 2.27. The van der Waals surface area contributed by atoms with Gasteiger partial charge in [0, 0.05) is 37.8 Å². The van der Waals surface area contributed by atoms with Crippen LogP contribution in [0.15, 0.2) is 54.6 Å². The highest BCUT2D eigenvalue weighted by Gasteiger charge is 2.23. The number of carbonyl (C=O) groups excluding carboxylic acids is 1. The van der Waals surface area contributed by atoms with Crippen LogP contribution in [0.1, 0.15) is 58.3 Å². The van der Waals surface area contributed by atoms with Gasteiger partial charge < -0.3 is 25.5 Å². The lowest BCUT2D eigenvalue weighted by molar-refractivity contribution is 0.0699. The number of unbranched alkanes of at least 4 members (excludes halogenated alkanes) is 5. The van der Waals surface area contributed by atoms with E-state index in [0.717, 1.165) is 55.8 Å². The Morgan fingerprint density at radius 3 is 2.42 bits per heavy atom. The Morgan fingerprint density at radius 2 is 1.67 bits per heavy atom. The summed E-state index contributed by atoms with van der Waals surface area (Å²) in [5.41, 5.74) is 2.91. The number of carbonyl (C=O) groups is 1. The number of anilines is 1. The number of amides is 2. The van der Waals surface area contributed by atoms with Crippen LogP contribution < -0.4 is 10.6 Å². The van der Waals surface area contributed by atoms with E-state index < -0.39 is 0 Å². The molecule has 1 heterocycles. The number of β-amino-alcohol motifs (C(OH)–C–C–N with tert-alkyl or cyclic N) is 1. The molecule has 0 spiro atoms. The number of likely N-dealkylation sites (N-methyl/N-ethyl adjacent to an activating group) is 1. The number of urea groups is 1. The van der Waals surface area contributed by atoms with Crippen LogP contribution in [0.2, 0.25) is 0 Å². The van der Waals surface area contributed by atoms with E-state index >= 15 is 0 Å². The molecule has 3 N–H and O–H groups in total. The Kier molecular flexibility index (Phi) is 12.2. The fourth-order valence-corrected chi connectivity index (χ4v) is 5.03. The highest BCUT2D eigenvalue weighted by molar-refractivity contribution is 5.94. The summed E-state index contributed by atoms with van der Waals surface area (Å²) >= 11 is 0. The number of hydrogen-bond acceptors (Lipinski definition) is 4. The first-order chi connectivity index (χ1) is 17.5. The molecule has 2 amide bonds. The summed E-state index contributed by atoms with van der Waals surface area (Å²) in [6.45, 7) is 6.50. The zero-order valence-electron chi connectivity index (χ0n) is 22.3. The van der Waals surface area contributed by atoms with E-state index in [1.807, 2.05) is 42.5 Å². The Morgan fingerprint density at radius 1 is 1.00 bits per heavy atom. The maximum Gasteiger partial charge on any atom is 0.319 e. The number of piperidine rings is 1. The molecule has 0 saturated carbocycles. The molecule has 36 heavy (non-hydrogen) atoms. The van der Waals surface area contributed by atoms with Gasteiger partial charge in [-0.3, -0.25) is 0 Å². The summed E-state index contributed by atoms with van der Waals surface area (Å²) < 4.78 is 0. The van der Waals surface area contributed by atoms with Crippen molar-refractivity contribution in [3.8, 4) is 11.1 Å². The normalized spacial score (nSPS) is 15.7. The van der Waals surface area contributed by atoms with Crippen LogP contribution in [0.4, 0.5) is 10.5 Å². The van der Waals surface area contributed by atoms with Gasteiger partial charge in [0.05, 0.1) is 11.8 Å². The van der Waals surface area contributed by atoms with Crippen molar-refractivity contribution >= 4 is 11.7 Å². The van der Waals surface area contributed by atoms with Crippen LogP contribution in [0.25, 0.3) is 11.1 Å². The van der Waals surface area contributed by atoms with Gasteiger partial charge in [0.15, 0.2) is 0 Å². The van der Waals surface area contributed by atoms with E-state index in [-0.39, 0.29) is 18.2 Å². The van der Waals surface area contributed by atoms with Crippen LogP contribution >= 0.6 is 0 Å². The summed E-state index contributed by atoms with van der Waals surface area (Å²) in [6.07, 6.45) is 9.25. The average Bonchev–Trinajstić information content (AvgIpc) is 2.88. The number of para-hydroxylation sites is 1. The van der Waals surface area contributed by atoms with Gasteiger partial charge in [-0.25, -0.2) is 4.79 Å². The third-order valence-corrected chi connectivity index (χ3v) is 7.07. The van der Waals surface area contributed by atoms with Crippen LogP contribution in [-0.4, -0.2) is 72.9 Å². The summed E-state index contributed by atoms with van der Waals surface area (Å²) in [4.78, 5) is 17.3. The second-order valence-corrected chi connectivity index (χ2v) is 10.3. The molecule has 1 fully saturated rings. The molecule has 6 heteroatoms. The van der Waals surface area contributed by atoms with Crippen molar-refractivity contribution in [2.24, 2.45) is 0 Å². The van der Waals surface area contributed by atoms with Gasteiger partial charge >= 0.3 is 6.03 Å². The fraction of sp³-hybridized carbons (Fsp3) is 0.567. The largest absolute Gasteiger partial charge is 0.390 e. The monoisotopic (exact) mass is 494 g/mol. The number of likely N-dealkylation sites (tertiary alicyclic amines) is 1. The van der Waals surface area contributed by atoms with Crippen LogP contribution in [0.5, 0.6) is 0 Å². The molecule has 0 bridgehead atoms. The minimum Gasteiger partial charge on any atom is -0.390 e. The first kappa shape index (κ1) is 28.2. The van der Waals surface area contributed by atoms with Gasteiger partial charge in [0.2, 0.25) is 0 Å². The average molecular weight is 495 g/mol. The summed E-state index contributed by atoms with van der Waals surface area (Å²) in [7, 11) is 2.11. The molecule has 198 valence electrons. The smallest absolute Gasteiger partial charge is 0.319 e. The Hall–Kier alpha value is -2.41. The van der Waals surface area contributed by atoms with Gasteiger partial charge in [-0.1, -0.05) is 87.6 Å². The van der Waals surface area contributed by atoms with E-state index in [2.05, 4.69) is 46.5 Å². The standard InChI is InChI=1S/C30H46N4O2/c1-3-4-5-6-7-13-20-33(2)23-27(35)24-34-21-18-26(19-22-34)31-30(36)32-29-17-12-11-16-28(29)25-14-9-8-10-15-25/h8-12,14-17,26-27,35H,3-7,13,18-24H2,1-2H3,(H2,31,32,36). The van der Waals surface area contributed by atoms with Gasteiger partial charge in [0.1, 0.15) is 0 Å². The van der Waals surface area contributed by atoms with Crippen molar-refractivity contribution in [3.63, 3.8) is 0 Å². The number of aliphatic hydroxyl groups excluding tert-OH is 1. The number of nitrogens with zero attached hydrogens (tertiary/aromatic N) is 2. The van der Waals surface area contributed by atoms with Gasteiger partial charge in [-0.2, -0.15) is 0 Å². The quantitative estimate of drug-likeness (QED) is 0.299. The minimum atomic E-state index is -0.336. The Bertz CT molecular complexity index is 884. The minimum absolute atomic E-state index is 0.151. The predicted molar refractivity (Wildman–Crippen MR) is 150 cm³/mol. The molecule has 6 nitrogen and oxygen atoms in total. The Labute approximate surface area is 218 Å². The molecule has 1 saturated heterocycles. The number of aliphatic hydroxyl groups is 1. The summed E-state index contributed by atoms with van der Waals surface area (Å²) in [5, 5.41) is 16.8. The second-order valence-electron chi connectivity index (χ2n) is 10.3. The molecule has 2 aromatic rings. The maximum absolute atomic E-state index is 12.7. The second kappa shape index (κ2) is 15.6. The summed E-state index contributed by atoms with van der Waals surface area (Å²) in [6, 6.07) is 18.0. The lowest BCUT2D eigenvalue weighted by atomic mass is 10.0. The lowest BCUT2D eigenvalue weighted by Crippen LogP contribution is -2.48. The first-order valence-electron chi connectivity index (χ1n) is 13.9. The SMILES string of the molecule is CCCCCCCCN(C)CC(O)CN1CCC(NC(=O)Nc2ccccc2-c2ccccc2)CC1. The molecule has 0 radical (unpaired) electrons. The van der Waals surface area contributed by atoms with Crippen molar-refractivity contribution in [1.82, 2.24) is 15.1 Å². The topological polar surface area (TPSA) is 67.8 Å². The third kappa shape index (κ3) is 9.92. The van der Waals surface area contributed by atoms with Crippen molar-refractivity contribution in [2.75, 3.05) is 45.1 Å². The first-order valence-corrected chi connectivity index (χ1v) is 13.9. The van der Waals surface area contributed by atoms with Crippen LogP contribution in [0.3, 0.4) is 0 Å². The molecule has 2 aromatic carbocycles. The number of rotatable bonds is 14. The van der Waals surface area contributed by atoms with Gasteiger partial charge in [-0.05, 0) is 44.5 Å². The molecule has 0 aromatic heterocycles. The lowest BCUT2D eigenvalue weighted by Gasteiger charge is -2.34. The van der Waals surface area contributed by atoms with E-state index in [0.29, 0.717) is 6.54 Å². The predicted octanol–water partition coefficient (Wildman–Crippen LogP) is 5.59. The summed E-state index contributed by atoms with van der Waals surface area (Å²) in [5.74, 6) is 0. The molecule has 1 atom stereocenters. The van der Waals surface area contributed by atoms with Crippen molar-refractivity contribution in [1.29, 1.82) is 0 Å². The van der Waals surface area contributed by atoms with E-state index in [4.69, 9.17) is 0 Å². The fourth-order valence-electron chi connectivity index (χ4n) is 5.03. The highest BCUT2D eigenvalue weighted by atomic mass is 16.3. The molecule has 3 rings (SSSR count).